The SMILES string of the molecule is Cc1ccc(S(=O)(=O)N2CCC[C@H]2C(=O)NCCN2CCN(c3ccccc3)CC2)cc1. The molecule has 2 aliphatic heterocycles. The molecule has 4 rings (SSSR count). The number of aryl methyl sites for hydroxylation is 1. The van der Waals surface area contributed by atoms with E-state index in [0.29, 0.717) is 25.9 Å². The van der Waals surface area contributed by atoms with E-state index < -0.39 is 16.1 Å². The van der Waals surface area contributed by atoms with E-state index in [1.54, 1.807) is 24.3 Å². The number of hydrogen-bond donors (Lipinski definition) is 1. The Morgan fingerprint density at radius 1 is 0.969 bits per heavy atom. The zero-order valence-electron chi connectivity index (χ0n) is 18.6. The van der Waals surface area contributed by atoms with Gasteiger partial charge in [-0.1, -0.05) is 35.9 Å². The van der Waals surface area contributed by atoms with E-state index in [1.165, 1.54) is 9.99 Å². The van der Waals surface area contributed by atoms with Crippen LogP contribution >= 0.6 is 0 Å². The monoisotopic (exact) mass is 456 g/mol. The first-order valence-electron chi connectivity index (χ1n) is 11.3. The maximum Gasteiger partial charge on any atom is 0.243 e. The van der Waals surface area contributed by atoms with Crippen LogP contribution in [0.1, 0.15) is 18.4 Å². The predicted octanol–water partition coefficient (Wildman–Crippen LogP) is 2.09. The number of hydrogen-bond acceptors (Lipinski definition) is 5. The third-order valence-electron chi connectivity index (χ3n) is 6.35. The molecule has 0 bridgehead atoms. The highest BCUT2D eigenvalue weighted by Crippen LogP contribution is 2.26. The van der Waals surface area contributed by atoms with Crippen LogP contribution in [-0.4, -0.2) is 75.4 Å². The fourth-order valence-electron chi connectivity index (χ4n) is 4.46. The van der Waals surface area contributed by atoms with Gasteiger partial charge in [0, 0.05) is 51.5 Å². The molecular weight excluding hydrogens is 424 g/mol. The molecule has 7 nitrogen and oxygen atoms in total. The lowest BCUT2D eigenvalue weighted by molar-refractivity contribution is -0.124. The summed E-state index contributed by atoms with van der Waals surface area (Å²) in [7, 11) is -3.67. The van der Waals surface area contributed by atoms with Crippen LogP contribution in [0, 0.1) is 6.92 Å². The lowest BCUT2D eigenvalue weighted by atomic mass is 10.2. The molecule has 0 aliphatic carbocycles. The molecule has 172 valence electrons. The Kier molecular flexibility index (Phi) is 7.13. The third-order valence-corrected chi connectivity index (χ3v) is 8.28. The first-order chi connectivity index (χ1) is 15.4. The Morgan fingerprint density at radius 3 is 2.34 bits per heavy atom. The molecule has 2 heterocycles. The second-order valence-corrected chi connectivity index (χ2v) is 10.4. The van der Waals surface area contributed by atoms with Crippen LogP contribution in [0.25, 0.3) is 0 Å². The summed E-state index contributed by atoms with van der Waals surface area (Å²) in [5, 5.41) is 2.98. The van der Waals surface area contributed by atoms with Crippen molar-refractivity contribution >= 4 is 21.6 Å². The van der Waals surface area contributed by atoms with Gasteiger partial charge in [-0.25, -0.2) is 8.42 Å². The smallest absolute Gasteiger partial charge is 0.243 e. The van der Waals surface area contributed by atoms with Crippen molar-refractivity contribution in [3.05, 3.63) is 60.2 Å². The predicted molar refractivity (Wildman–Crippen MR) is 126 cm³/mol. The number of sulfonamides is 1. The van der Waals surface area contributed by atoms with Crippen LogP contribution in [0.2, 0.25) is 0 Å². The number of piperazine rings is 1. The highest BCUT2D eigenvalue weighted by Gasteiger charge is 2.39. The number of amides is 1. The molecule has 2 aliphatic rings. The van der Waals surface area contributed by atoms with Crippen LogP contribution in [0.5, 0.6) is 0 Å². The standard InChI is InChI=1S/C24H32N4O3S/c1-20-9-11-22(12-10-20)32(30,31)28-14-5-8-23(28)24(29)25-13-15-26-16-18-27(19-17-26)21-6-3-2-4-7-21/h2-4,6-7,9-12,23H,5,8,13-19H2,1H3,(H,25,29)/t23-/m0/s1. The highest BCUT2D eigenvalue weighted by atomic mass is 32.2. The van der Waals surface area contributed by atoms with Gasteiger partial charge in [-0.15, -0.1) is 0 Å². The fourth-order valence-corrected chi connectivity index (χ4v) is 6.12. The van der Waals surface area contributed by atoms with Crippen molar-refractivity contribution in [3.8, 4) is 0 Å². The van der Waals surface area contributed by atoms with E-state index in [4.69, 9.17) is 0 Å². The summed E-state index contributed by atoms with van der Waals surface area (Å²) >= 11 is 0. The van der Waals surface area contributed by atoms with Crippen LogP contribution in [0.4, 0.5) is 5.69 Å². The lowest BCUT2D eigenvalue weighted by Crippen LogP contribution is -2.50. The Hall–Kier alpha value is -2.42. The zero-order chi connectivity index (χ0) is 22.6. The van der Waals surface area contributed by atoms with Crippen molar-refractivity contribution in [2.24, 2.45) is 0 Å². The van der Waals surface area contributed by atoms with Gasteiger partial charge < -0.3 is 10.2 Å². The number of nitrogens with one attached hydrogen (secondary N) is 1. The average Bonchev–Trinajstić information content (AvgIpc) is 3.32. The van der Waals surface area contributed by atoms with Crippen LogP contribution < -0.4 is 10.2 Å². The average molecular weight is 457 g/mol. The number of para-hydroxylation sites is 1. The Balaban J connectivity index is 1.26. The number of carbonyl (C=O) groups excluding carboxylic acids is 1. The topological polar surface area (TPSA) is 73.0 Å². The van der Waals surface area contributed by atoms with Crippen molar-refractivity contribution in [2.75, 3.05) is 50.7 Å². The Bertz CT molecular complexity index is 1000. The largest absolute Gasteiger partial charge is 0.369 e. The van der Waals surface area contributed by atoms with Gasteiger partial charge in [-0.05, 0) is 44.0 Å². The van der Waals surface area contributed by atoms with Gasteiger partial charge in [0.15, 0.2) is 0 Å². The molecule has 1 atom stereocenters. The van der Waals surface area contributed by atoms with Crippen LogP contribution in [-0.2, 0) is 14.8 Å². The number of carbonyl (C=O) groups is 1. The molecule has 1 amide bonds. The maximum absolute atomic E-state index is 13.1. The van der Waals surface area contributed by atoms with Crippen molar-refractivity contribution in [2.45, 2.75) is 30.7 Å². The minimum absolute atomic E-state index is 0.193. The molecule has 2 saturated heterocycles. The van der Waals surface area contributed by atoms with Gasteiger partial charge in [0.1, 0.15) is 6.04 Å². The molecule has 1 N–H and O–H groups in total. The molecule has 0 unspecified atom stereocenters. The minimum atomic E-state index is -3.67. The summed E-state index contributed by atoms with van der Waals surface area (Å²) in [6, 6.07) is 16.6. The molecular formula is C24H32N4O3S. The first kappa shape index (κ1) is 22.8. The summed E-state index contributed by atoms with van der Waals surface area (Å²) in [5.41, 5.74) is 2.25. The van der Waals surface area contributed by atoms with Crippen LogP contribution in [0.3, 0.4) is 0 Å². The molecule has 0 saturated carbocycles. The van der Waals surface area contributed by atoms with E-state index in [0.717, 1.165) is 38.3 Å². The van der Waals surface area contributed by atoms with E-state index in [2.05, 4.69) is 39.4 Å². The molecule has 8 heteroatoms. The molecule has 0 aromatic heterocycles. The second kappa shape index (κ2) is 10.0. The minimum Gasteiger partial charge on any atom is -0.369 e. The van der Waals surface area contributed by atoms with Gasteiger partial charge in [0.05, 0.1) is 4.90 Å². The van der Waals surface area contributed by atoms with Gasteiger partial charge in [0.2, 0.25) is 15.9 Å². The Labute approximate surface area is 191 Å². The third kappa shape index (κ3) is 5.14. The number of rotatable bonds is 7. The summed E-state index contributed by atoms with van der Waals surface area (Å²) in [6.45, 7) is 7.42. The highest BCUT2D eigenvalue weighted by molar-refractivity contribution is 7.89. The van der Waals surface area contributed by atoms with Crippen molar-refractivity contribution in [1.82, 2.24) is 14.5 Å². The molecule has 2 fully saturated rings. The van der Waals surface area contributed by atoms with E-state index in [-0.39, 0.29) is 10.8 Å². The number of benzene rings is 2. The summed E-state index contributed by atoms with van der Waals surface area (Å²) in [4.78, 5) is 17.8. The number of anilines is 1. The normalized spacial score (nSPS) is 20.4. The Morgan fingerprint density at radius 2 is 1.66 bits per heavy atom. The summed E-state index contributed by atoms with van der Waals surface area (Å²) in [5.74, 6) is -0.193. The first-order valence-corrected chi connectivity index (χ1v) is 12.8. The maximum atomic E-state index is 13.1. The van der Waals surface area contributed by atoms with E-state index >= 15 is 0 Å². The molecule has 2 aromatic rings. The van der Waals surface area contributed by atoms with E-state index in [1.807, 2.05) is 13.0 Å². The molecule has 0 spiro atoms. The van der Waals surface area contributed by atoms with Crippen LogP contribution in [0.15, 0.2) is 59.5 Å². The van der Waals surface area contributed by atoms with Gasteiger partial charge >= 0.3 is 0 Å². The fraction of sp³-hybridized carbons (Fsp3) is 0.458. The van der Waals surface area contributed by atoms with Gasteiger partial charge in [-0.3, -0.25) is 9.69 Å². The van der Waals surface area contributed by atoms with Gasteiger partial charge in [-0.2, -0.15) is 4.31 Å². The zero-order valence-corrected chi connectivity index (χ0v) is 19.4. The lowest BCUT2D eigenvalue weighted by Gasteiger charge is -2.36. The van der Waals surface area contributed by atoms with Crippen molar-refractivity contribution in [1.29, 1.82) is 0 Å². The van der Waals surface area contributed by atoms with Crippen molar-refractivity contribution in [3.63, 3.8) is 0 Å². The number of nitrogens with zero attached hydrogens (tertiary/aromatic N) is 3. The summed E-state index contributed by atoms with van der Waals surface area (Å²) < 4.78 is 27.5. The van der Waals surface area contributed by atoms with E-state index in [9.17, 15) is 13.2 Å². The van der Waals surface area contributed by atoms with Crippen molar-refractivity contribution < 1.29 is 13.2 Å². The summed E-state index contributed by atoms with van der Waals surface area (Å²) in [6.07, 6.45) is 1.26. The molecule has 2 aromatic carbocycles. The van der Waals surface area contributed by atoms with Gasteiger partial charge in [0.25, 0.3) is 0 Å². The molecule has 32 heavy (non-hydrogen) atoms. The molecule has 0 radical (unpaired) electrons. The quantitative estimate of drug-likeness (QED) is 0.691. The second-order valence-electron chi connectivity index (χ2n) is 8.54.